The summed E-state index contributed by atoms with van der Waals surface area (Å²) in [6.45, 7) is 0. The van der Waals surface area contributed by atoms with E-state index in [-0.39, 0.29) is 4.32 Å². The molecule has 0 radical (unpaired) electrons. The molecule has 1 unspecified atom stereocenters. The fourth-order valence-electron chi connectivity index (χ4n) is 2.09. The van der Waals surface area contributed by atoms with Gasteiger partial charge in [0, 0.05) is 0 Å². The first kappa shape index (κ1) is 18.0. The number of hydrogen-bond acceptors (Lipinski definition) is 5. The number of hydrogen-bond donors (Lipinski definition) is 1. The van der Waals surface area contributed by atoms with E-state index in [1.165, 1.54) is 30.0 Å². The summed E-state index contributed by atoms with van der Waals surface area (Å²) >= 11 is 7.71. The van der Waals surface area contributed by atoms with Crippen molar-refractivity contribution in [3.8, 4) is 0 Å². The lowest BCUT2D eigenvalue weighted by atomic mass is 10.1. The van der Waals surface area contributed by atoms with E-state index < -0.39 is 23.7 Å². The van der Waals surface area contributed by atoms with Crippen LogP contribution in [-0.4, -0.2) is 44.3 Å². The van der Waals surface area contributed by atoms with Gasteiger partial charge in [-0.1, -0.05) is 36.1 Å². The maximum Gasteiger partial charge on any atom is 0.326 e. The molecular formula is C15H14FNO3S3. The lowest BCUT2D eigenvalue weighted by molar-refractivity contribution is -0.145. The van der Waals surface area contributed by atoms with E-state index in [0.29, 0.717) is 22.6 Å². The minimum atomic E-state index is -1.08. The number of halogens is 1. The van der Waals surface area contributed by atoms with E-state index in [1.54, 1.807) is 12.1 Å². The van der Waals surface area contributed by atoms with Crippen molar-refractivity contribution in [3.05, 3.63) is 40.6 Å². The van der Waals surface area contributed by atoms with Gasteiger partial charge in [0.25, 0.3) is 5.91 Å². The molecule has 2 rings (SSSR count). The third kappa shape index (κ3) is 4.33. The Morgan fingerprint density at radius 1 is 1.57 bits per heavy atom. The second-order valence-corrected chi connectivity index (χ2v) is 7.40. The molecule has 8 heteroatoms. The van der Waals surface area contributed by atoms with E-state index in [1.807, 2.05) is 6.26 Å². The molecule has 0 aromatic heterocycles. The van der Waals surface area contributed by atoms with Crippen LogP contribution in [0.25, 0.3) is 6.08 Å². The van der Waals surface area contributed by atoms with Crippen molar-refractivity contribution >= 4 is 58.0 Å². The van der Waals surface area contributed by atoms with Gasteiger partial charge in [-0.05, 0) is 42.2 Å². The second kappa shape index (κ2) is 7.94. The van der Waals surface area contributed by atoms with Gasteiger partial charge in [0.1, 0.15) is 16.2 Å². The van der Waals surface area contributed by atoms with Crippen LogP contribution in [-0.2, 0) is 9.59 Å². The summed E-state index contributed by atoms with van der Waals surface area (Å²) in [7, 11) is 0. The van der Waals surface area contributed by atoms with Gasteiger partial charge in [-0.2, -0.15) is 11.8 Å². The Hall–Kier alpha value is -1.38. The monoisotopic (exact) mass is 371 g/mol. The smallest absolute Gasteiger partial charge is 0.326 e. The molecular weight excluding hydrogens is 357 g/mol. The van der Waals surface area contributed by atoms with Gasteiger partial charge in [0.05, 0.1) is 4.91 Å². The highest BCUT2D eigenvalue weighted by Crippen LogP contribution is 2.34. The van der Waals surface area contributed by atoms with Gasteiger partial charge in [-0.25, -0.2) is 9.18 Å². The Kier molecular flexibility index (Phi) is 6.20. The number of rotatable bonds is 6. The van der Waals surface area contributed by atoms with Crippen molar-refractivity contribution in [1.29, 1.82) is 0 Å². The molecule has 1 aromatic carbocycles. The van der Waals surface area contributed by atoms with E-state index in [4.69, 9.17) is 12.2 Å². The van der Waals surface area contributed by atoms with Crippen molar-refractivity contribution in [3.63, 3.8) is 0 Å². The number of carboxylic acid groups (broad SMARTS) is 1. The van der Waals surface area contributed by atoms with Crippen molar-refractivity contribution in [1.82, 2.24) is 4.90 Å². The minimum Gasteiger partial charge on any atom is -0.480 e. The number of thiocarbonyl (C=S) groups is 1. The maximum atomic E-state index is 13.2. The van der Waals surface area contributed by atoms with E-state index in [0.717, 1.165) is 16.7 Å². The summed E-state index contributed by atoms with van der Waals surface area (Å²) in [5.41, 5.74) is 0.529. The number of amides is 1. The molecule has 1 amide bonds. The zero-order valence-corrected chi connectivity index (χ0v) is 14.6. The number of carboxylic acids is 1. The minimum absolute atomic E-state index is 0.214. The Morgan fingerprint density at radius 2 is 2.30 bits per heavy atom. The van der Waals surface area contributed by atoms with Gasteiger partial charge in [-0.3, -0.25) is 9.69 Å². The van der Waals surface area contributed by atoms with Crippen molar-refractivity contribution in [2.45, 2.75) is 12.5 Å². The largest absolute Gasteiger partial charge is 0.480 e. The summed E-state index contributed by atoms with van der Waals surface area (Å²) < 4.78 is 13.4. The lowest BCUT2D eigenvalue weighted by Gasteiger charge is -2.22. The van der Waals surface area contributed by atoms with Crippen LogP contribution in [0, 0.1) is 5.82 Å². The second-order valence-electron chi connectivity index (χ2n) is 4.74. The molecule has 4 nitrogen and oxygen atoms in total. The van der Waals surface area contributed by atoms with Gasteiger partial charge < -0.3 is 5.11 Å². The quantitative estimate of drug-likeness (QED) is 0.612. The zero-order chi connectivity index (χ0) is 17.0. The molecule has 1 heterocycles. The Labute approximate surface area is 147 Å². The number of nitrogens with zero attached hydrogens (tertiary/aromatic N) is 1. The normalized spacial score (nSPS) is 17.8. The van der Waals surface area contributed by atoms with Crippen molar-refractivity contribution < 1.29 is 19.1 Å². The molecule has 1 aromatic rings. The predicted molar refractivity (Wildman–Crippen MR) is 95.8 cm³/mol. The molecule has 1 aliphatic rings. The molecule has 0 aliphatic carbocycles. The third-order valence-electron chi connectivity index (χ3n) is 3.16. The SMILES string of the molecule is CSCCC(C(=O)O)N1C(=O)C(=Cc2cccc(F)c2)SC1=S. The predicted octanol–water partition coefficient (Wildman–Crippen LogP) is 3.23. The van der Waals surface area contributed by atoms with Crippen LogP contribution in [0.3, 0.4) is 0 Å². The number of aliphatic carboxylic acids is 1. The summed E-state index contributed by atoms with van der Waals surface area (Å²) in [5, 5.41) is 9.37. The van der Waals surface area contributed by atoms with Crippen molar-refractivity contribution in [2.75, 3.05) is 12.0 Å². The van der Waals surface area contributed by atoms with Crippen LogP contribution in [0.2, 0.25) is 0 Å². The summed E-state index contributed by atoms with van der Waals surface area (Å²) in [6.07, 6.45) is 3.71. The molecule has 0 saturated carbocycles. The van der Waals surface area contributed by atoms with E-state index in [2.05, 4.69) is 0 Å². The fourth-order valence-corrected chi connectivity index (χ4v) is 3.90. The molecule has 1 fully saturated rings. The first-order chi connectivity index (χ1) is 10.9. The van der Waals surface area contributed by atoms with Crippen LogP contribution in [0.1, 0.15) is 12.0 Å². The molecule has 1 aliphatic heterocycles. The Balaban J connectivity index is 2.26. The van der Waals surface area contributed by atoms with Crippen LogP contribution < -0.4 is 0 Å². The number of thioether (sulfide) groups is 2. The Bertz CT molecular complexity index is 678. The third-order valence-corrected chi connectivity index (χ3v) is 5.14. The molecule has 1 N–H and O–H groups in total. The molecule has 1 saturated heterocycles. The zero-order valence-electron chi connectivity index (χ0n) is 12.2. The van der Waals surface area contributed by atoms with Crippen LogP contribution in [0.4, 0.5) is 4.39 Å². The van der Waals surface area contributed by atoms with Crippen LogP contribution >= 0.6 is 35.7 Å². The molecule has 122 valence electrons. The first-order valence-electron chi connectivity index (χ1n) is 6.68. The summed E-state index contributed by atoms with van der Waals surface area (Å²) in [4.78, 5) is 25.4. The molecule has 23 heavy (non-hydrogen) atoms. The highest BCUT2D eigenvalue weighted by atomic mass is 32.2. The molecule has 0 bridgehead atoms. The van der Waals surface area contributed by atoms with Gasteiger partial charge in [0.15, 0.2) is 0 Å². The standard InChI is InChI=1S/C15H14FNO3S3/c1-22-6-5-11(14(19)20)17-13(18)12(23-15(17)21)8-9-3-2-4-10(16)7-9/h2-4,7-8,11H,5-6H2,1H3,(H,19,20). The average molecular weight is 371 g/mol. The number of carbonyl (C=O) groups excluding carboxylic acids is 1. The topological polar surface area (TPSA) is 57.6 Å². The summed E-state index contributed by atoms with van der Waals surface area (Å²) in [6, 6.07) is 4.84. The maximum absolute atomic E-state index is 13.2. The van der Waals surface area contributed by atoms with Crippen LogP contribution in [0.15, 0.2) is 29.2 Å². The first-order valence-corrected chi connectivity index (χ1v) is 9.30. The number of carbonyl (C=O) groups is 2. The average Bonchev–Trinajstić information content (AvgIpc) is 2.75. The van der Waals surface area contributed by atoms with Gasteiger partial charge in [0.2, 0.25) is 0 Å². The lowest BCUT2D eigenvalue weighted by Crippen LogP contribution is -2.44. The van der Waals surface area contributed by atoms with E-state index >= 15 is 0 Å². The van der Waals surface area contributed by atoms with Crippen molar-refractivity contribution in [2.24, 2.45) is 0 Å². The van der Waals surface area contributed by atoms with Gasteiger partial charge >= 0.3 is 5.97 Å². The summed E-state index contributed by atoms with van der Waals surface area (Å²) in [5.74, 6) is -1.32. The van der Waals surface area contributed by atoms with Gasteiger partial charge in [-0.15, -0.1) is 0 Å². The fraction of sp³-hybridized carbons (Fsp3) is 0.267. The van der Waals surface area contributed by atoms with Crippen LogP contribution in [0.5, 0.6) is 0 Å². The number of benzene rings is 1. The molecule has 1 atom stereocenters. The molecule has 0 spiro atoms. The Morgan fingerprint density at radius 3 is 2.91 bits per heavy atom. The highest BCUT2D eigenvalue weighted by Gasteiger charge is 2.40. The van der Waals surface area contributed by atoms with E-state index in [9.17, 15) is 19.1 Å². The highest BCUT2D eigenvalue weighted by molar-refractivity contribution is 8.26.